The molecule has 1 fully saturated rings. The lowest BCUT2D eigenvalue weighted by Crippen LogP contribution is -2.43. The molecular formula is C17H17N3O2. The summed E-state index contributed by atoms with van der Waals surface area (Å²) in [7, 11) is 0. The minimum atomic E-state index is 0.592. The fourth-order valence-corrected chi connectivity index (χ4v) is 2.72. The number of rotatable bonds is 3. The molecule has 0 spiro atoms. The molecule has 5 heteroatoms. The topological polar surface area (TPSA) is 54.4 Å². The van der Waals surface area contributed by atoms with Gasteiger partial charge in [0.2, 0.25) is 5.89 Å². The molecule has 1 aromatic carbocycles. The summed E-state index contributed by atoms with van der Waals surface area (Å²) in [5.41, 5.74) is 2.87. The van der Waals surface area contributed by atoms with Crippen molar-refractivity contribution in [2.45, 2.75) is 0 Å². The van der Waals surface area contributed by atoms with E-state index < -0.39 is 0 Å². The fourth-order valence-electron chi connectivity index (χ4n) is 2.72. The number of benzene rings is 1. The predicted octanol–water partition coefficient (Wildman–Crippen LogP) is 3.00. The van der Waals surface area contributed by atoms with E-state index in [2.05, 4.69) is 21.3 Å². The zero-order valence-electron chi connectivity index (χ0n) is 12.2. The van der Waals surface area contributed by atoms with Gasteiger partial charge in [0.15, 0.2) is 5.58 Å². The molecule has 0 unspecified atom stereocenters. The molecule has 0 saturated carbocycles. The molecule has 0 aliphatic carbocycles. The number of hydrogen-bond donors (Lipinski definition) is 1. The number of anilines is 1. The van der Waals surface area contributed by atoms with E-state index >= 15 is 0 Å². The maximum absolute atomic E-state index is 5.82. The summed E-state index contributed by atoms with van der Waals surface area (Å²) in [6, 6.07) is 9.83. The average molecular weight is 295 g/mol. The van der Waals surface area contributed by atoms with Gasteiger partial charge in [0.1, 0.15) is 11.3 Å². The van der Waals surface area contributed by atoms with Crippen LogP contribution in [0.25, 0.3) is 23.3 Å². The zero-order chi connectivity index (χ0) is 14.8. The van der Waals surface area contributed by atoms with Gasteiger partial charge in [-0.05, 0) is 30.3 Å². The number of para-hydroxylation sites is 1. The van der Waals surface area contributed by atoms with Crippen LogP contribution >= 0.6 is 0 Å². The van der Waals surface area contributed by atoms with E-state index in [0.29, 0.717) is 5.89 Å². The summed E-state index contributed by atoms with van der Waals surface area (Å²) in [5, 5.41) is 3.37. The Balaban J connectivity index is 1.68. The molecule has 22 heavy (non-hydrogen) atoms. The molecule has 2 aromatic heterocycles. The van der Waals surface area contributed by atoms with Crippen molar-refractivity contribution in [3.05, 3.63) is 48.2 Å². The van der Waals surface area contributed by atoms with Crippen LogP contribution in [0.1, 0.15) is 11.7 Å². The maximum Gasteiger partial charge on any atom is 0.220 e. The van der Waals surface area contributed by atoms with Crippen LogP contribution in [0, 0.1) is 0 Å². The van der Waals surface area contributed by atoms with Gasteiger partial charge in [-0.3, -0.25) is 0 Å². The van der Waals surface area contributed by atoms with Crippen LogP contribution < -0.4 is 10.2 Å². The van der Waals surface area contributed by atoms with Crippen LogP contribution in [0.5, 0.6) is 0 Å². The largest absolute Gasteiger partial charge is 0.465 e. The second kappa shape index (κ2) is 5.69. The Labute approximate surface area is 128 Å². The van der Waals surface area contributed by atoms with E-state index in [4.69, 9.17) is 8.83 Å². The number of hydrogen-bond acceptors (Lipinski definition) is 5. The Bertz CT molecular complexity index is 783. The lowest BCUT2D eigenvalue weighted by Gasteiger charge is -2.29. The Morgan fingerprint density at radius 2 is 2.00 bits per heavy atom. The quantitative estimate of drug-likeness (QED) is 0.805. The number of fused-ring (bicyclic) bond motifs is 1. The SMILES string of the molecule is C(=C/c1nc2c(N3CCNCC3)cccc2o1)/c1ccco1. The van der Waals surface area contributed by atoms with Crippen molar-refractivity contribution in [2.24, 2.45) is 0 Å². The van der Waals surface area contributed by atoms with Gasteiger partial charge in [-0.1, -0.05) is 6.07 Å². The summed E-state index contributed by atoms with van der Waals surface area (Å²) in [6.07, 6.45) is 5.34. The number of aromatic nitrogens is 1. The van der Waals surface area contributed by atoms with Crippen molar-refractivity contribution in [3.8, 4) is 0 Å². The highest BCUT2D eigenvalue weighted by Crippen LogP contribution is 2.27. The molecule has 0 atom stereocenters. The molecule has 3 heterocycles. The second-order valence-corrected chi connectivity index (χ2v) is 5.26. The van der Waals surface area contributed by atoms with E-state index in [0.717, 1.165) is 48.7 Å². The average Bonchev–Trinajstić information content (AvgIpc) is 3.22. The molecule has 0 amide bonds. The van der Waals surface area contributed by atoms with E-state index in [1.165, 1.54) is 0 Å². The fraction of sp³-hybridized carbons (Fsp3) is 0.235. The minimum absolute atomic E-state index is 0.592. The zero-order valence-corrected chi connectivity index (χ0v) is 12.2. The smallest absolute Gasteiger partial charge is 0.220 e. The molecule has 112 valence electrons. The summed E-state index contributed by atoms with van der Waals surface area (Å²) < 4.78 is 11.1. The molecule has 5 nitrogen and oxygen atoms in total. The third-order valence-corrected chi connectivity index (χ3v) is 3.81. The van der Waals surface area contributed by atoms with Gasteiger partial charge < -0.3 is 19.1 Å². The van der Waals surface area contributed by atoms with E-state index in [1.807, 2.05) is 36.4 Å². The van der Waals surface area contributed by atoms with Crippen molar-refractivity contribution in [3.63, 3.8) is 0 Å². The predicted molar refractivity (Wildman–Crippen MR) is 86.7 cm³/mol. The Hall–Kier alpha value is -2.53. The van der Waals surface area contributed by atoms with Crippen LogP contribution in [-0.2, 0) is 0 Å². The van der Waals surface area contributed by atoms with Crippen molar-refractivity contribution >= 4 is 28.9 Å². The number of oxazole rings is 1. The summed E-state index contributed by atoms with van der Waals surface area (Å²) in [5.74, 6) is 1.37. The first-order valence-electron chi connectivity index (χ1n) is 7.47. The molecule has 1 N–H and O–H groups in total. The van der Waals surface area contributed by atoms with Crippen LogP contribution in [0.4, 0.5) is 5.69 Å². The normalized spacial score (nSPS) is 15.9. The van der Waals surface area contributed by atoms with Gasteiger partial charge in [0.05, 0.1) is 12.0 Å². The second-order valence-electron chi connectivity index (χ2n) is 5.26. The summed E-state index contributed by atoms with van der Waals surface area (Å²) in [4.78, 5) is 6.98. The monoisotopic (exact) mass is 295 g/mol. The van der Waals surface area contributed by atoms with Crippen molar-refractivity contribution < 1.29 is 8.83 Å². The molecule has 4 rings (SSSR count). The van der Waals surface area contributed by atoms with Gasteiger partial charge in [0, 0.05) is 32.3 Å². The third-order valence-electron chi connectivity index (χ3n) is 3.81. The van der Waals surface area contributed by atoms with Crippen LogP contribution in [0.2, 0.25) is 0 Å². The molecule has 1 saturated heterocycles. The standard InChI is InChI=1S/C17H17N3O2/c1-4-14(20-10-8-18-9-11-20)17-15(5-1)22-16(19-17)7-6-13-3-2-12-21-13/h1-7,12,18H,8-11H2/b7-6-. The van der Waals surface area contributed by atoms with Crippen LogP contribution in [0.15, 0.2) is 45.4 Å². The van der Waals surface area contributed by atoms with E-state index in [1.54, 1.807) is 6.26 Å². The molecule has 0 bridgehead atoms. The molecule has 0 radical (unpaired) electrons. The third kappa shape index (κ3) is 2.51. The summed E-state index contributed by atoms with van der Waals surface area (Å²) >= 11 is 0. The van der Waals surface area contributed by atoms with Crippen molar-refractivity contribution in [2.75, 3.05) is 31.1 Å². The lowest BCUT2D eigenvalue weighted by atomic mass is 10.2. The van der Waals surface area contributed by atoms with E-state index in [9.17, 15) is 0 Å². The lowest BCUT2D eigenvalue weighted by molar-refractivity contribution is 0.556. The van der Waals surface area contributed by atoms with Crippen molar-refractivity contribution in [1.29, 1.82) is 0 Å². The molecule has 1 aliphatic heterocycles. The highest BCUT2D eigenvalue weighted by atomic mass is 16.3. The van der Waals surface area contributed by atoms with Gasteiger partial charge in [-0.25, -0.2) is 4.98 Å². The first-order valence-corrected chi connectivity index (χ1v) is 7.47. The van der Waals surface area contributed by atoms with Crippen molar-refractivity contribution in [1.82, 2.24) is 10.3 Å². The maximum atomic E-state index is 5.82. The van der Waals surface area contributed by atoms with Gasteiger partial charge in [-0.2, -0.15) is 0 Å². The Morgan fingerprint density at radius 1 is 1.09 bits per heavy atom. The van der Waals surface area contributed by atoms with Crippen LogP contribution in [0.3, 0.4) is 0 Å². The Kier molecular flexibility index (Phi) is 3.40. The van der Waals surface area contributed by atoms with Gasteiger partial charge in [0.25, 0.3) is 0 Å². The highest BCUT2D eigenvalue weighted by Gasteiger charge is 2.16. The minimum Gasteiger partial charge on any atom is -0.465 e. The molecular weight excluding hydrogens is 278 g/mol. The van der Waals surface area contributed by atoms with Crippen LogP contribution in [-0.4, -0.2) is 31.2 Å². The first-order chi connectivity index (χ1) is 10.9. The highest BCUT2D eigenvalue weighted by molar-refractivity contribution is 5.88. The molecule has 1 aliphatic rings. The first kappa shape index (κ1) is 13.2. The Morgan fingerprint density at radius 3 is 2.82 bits per heavy atom. The van der Waals surface area contributed by atoms with Gasteiger partial charge >= 0.3 is 0 Å². The van der Waals surface area contributed by atoms with E-state index in [-0.39, 0.29) is 0 Å². The summed E-state index contributed by atoms with van der Waals surface area (Å²) in [6.45, 7) is 3.98. The number of nitrogens with zero attached hydrogens (tertiary/aromatic N) is 2. The van der Waals surface area contributed by atoms with Gasteiger partial charge in [-0.15, -0.1) is 0 Å². The number of nitrogens with one attached hydrogen (secondary N) is 1. The molecule has 3 aromatic rings. The number of furan rings is 1. The number of piperazine rings is 1.